The smallest absolute Gasteiger partial charge is 0.120 e. The number of fused-ring (bicyclic) bond motifs is 1. The molecule has 1 aromatic carbocycles. The third kappa shape index (κ3) is 2.93. The second-order valence-electron chi connectivity index (χ2n) is 5.06. The first-order chi connectivity index (χ1) is 9.76. The molecule has 2 aromatic rings. The van der Waals surface area contributed by atoms with Crippen molar-refractivity contribution in [3.05, 3.63) is 23.2 Å². The summed E-state index contributed by atoms with van der Waals surface area (Å²) in [5.74, 6) is 1.16. The van der Waals surface area contributed by atoms with Crippen molar-refractivity contribution < 1.29 is 9.84 Å². The quantitative estimate of drug-likeness (QED) is 0.767. The highest BCUT2D eigenvalue weighted by atomic mass is 32.1. The number of benzene rings is 1. The van der Waals surface area contributed by atoms with Crippen LogP contribution < -0.4 is 15.4 Å². The number of aliphatic hydroxyl groups is 1. The second-order valence-corrected chi connectivity index (χ2v) is 6.17. The van der Waals surface area contributed by atoms with Gasteiger partial charge in [-0.1, -0.05) is 0 Å². The van der Waals surface area contributed by atoms with Gasteiger partial charge < -0.3 is 20.5 Å². The lowest BCUT2D eigenvalue weighted by Crippen LogP contribution is -2.30. The van der Waals surface area contributed by atoms with Crippen LogP contribution in [0.4, 0.5) is 0 Å². The fourth-order valence-electron chi connectivity index (χ4n) is 2.45. The predicted octanol–water partition coefficient (Wildman–Crippen LogP) is 0.975. The monoisotopic (exact) mass is 293 g/mol. The second kappa shape index (κ2) is 6.05. The van der Waals surface area contributed by atoms with Crippen LogP contribution >= 0.6 is 11.3 Å². The molecule has 1 aliphatic rings. The van der Waals surface area contributed by atoms with Crippen molar-refractivity contribution in [2.45, 2.75) is 12.6 Å². The van der Waals surface area contributed by atoms with E-state index in [1.807, 2.05) is 18.2 Å². The van der Waals surface area contributed by atoms with Gasteiger partial charge in [0.05, 0.1) is 23.4 Å². The van der Waals surface area contributed by atoms with Crippen molar-refractivity contribution in [2.75, 3.05) is 26.7 Å². The number of methoxy groups -OCH3 is 1. The molecule has 2 atom stereocenters. The molecule has 6 heteroatoms. The van der Waals surface area contributed by atoms with E-state index >= 15 is 0 Å². The third-order valence-corrected chi connectivity index (χ3v) is 4.64. The van der Waals surface area contributed by atoms with Crippen LogP contribution in [0.2, 0.25) is 0 Å². The molecule has 2 unspecified atom stereocenters. The minimum atomic E-state index is -0.234. The summed E-state index contributed by atoms with van der Waals surface area (Å²) in [7, 11) is 1.67. The van der Waals surface area contributed by atoms with E-state index in [0.717, 1.165) is 40.6 Å². The molecule has 0 bridgehead atoms. The summed E-state index contributed by atoms with van der Waals surface area (Å²) in [6, 6.07) is 5.93. The van der Waals surface area contributed by atoms with Gasteiger partial charge >= 0.3 is 0 Å². The fraction of sp³-hybridized carbons (Fsp3) is 0.500. The molecular formula is C14H19N3O2S. The largest absolute Gasteiger partial charge is 0.497 e. The molecule has 1 aliphatic heterocycles. The van der Waals surface area contributed by atoms with E-state index in [1.54, 1.807) is 18.4 Å². The number of rotatable bonds is 5. The van der Waals surface area contributed by atoms with Crippen LogP contribution in [0.15, 0.2) is 18.2 Å². The Balaban J connectivity index is 1.60. The molecule has 108 valence electrons. The topological polar surface area (TPSA) is 66.4 Å². The van der Waals surface area contributed by atoms with E-state index in [4.69, 9.17) is 4.74 Å². The number of ether oxygens (including phenoxy) is 1. The average molecular weight is 293 g/mol. The molecule has 0 spiro atoms. The summed E-state index contributed by atoms with van der Waals surface area (Å²) < 4.78 is 6.36. The molecule has 0 saturated carbocycles. The summed E-state index contributed by atoms with van der Waals surface area (Å²) in [5, 5.41) is 17.4. The van der Waals surface area contributed by atoms with Crippen molar-refractivity contribution >= 4 is 21.6 Å². The highest BCUT2D eigenvalue weighted by Gasteiger charge is 2.24. The number of aliphatic hydroxyl groups excluding tert-OH is 1. The van der Waals surface area contributed by atoms with E-state index < -0.39 is 0 Å². The molecule has 5 nitrogen and oxygen atoms in total. The van der Waals surface area contributed by atoms with Gasteiger partial charge in [-0.3, -0.25) is 0 Å². The third-order valence-electron chi connectivity index (χ3n) is 3.63. The van der Waals surface area contributed by atoms with Crippen LogP contribution in [0.25, 0.3) is 10.2 Å². The van der Waals surface area contributed by atoms with Gasteiger partial charge in [0.2, 0.25) is 0 Å². The summed E-state index contributed by atoms with van der Waals surface area (Å²) in [6.07, 6.45) is -0.234. The van der Waals surface area contributed by atoms with Gasteiger partial charge in [0, 0.05) is 32.1 Å². The minimum Gasteiger partial charge on any atom is -0.497 e. The maximum Gasteiger partial charge on any atom is 0.120 e. The van der Waals surface area contributed by atoms with Gasteiger partial charge in [-0.15, -0.1) is 11.3 Å². The van der Waals surface area contributed by atoms with Gasteiger partial charge in [-0.2, -0.15) is 0 Å². The number of hydrogen-bond donors (Lipinski definition) is 3. The van der Waals surface area contributed by atoms with Crippen LogP contribution in [0.3, 0.4) is 0 Å². The Kier molecular flexibility index (Phi) is 4.16. The van der Waals surface area contributed by atoms with Crippen molar-refractivity contribution in [3.63, 3.8) is 0 Å². The van der Waals surface area contributed by atoms with Gasteiger partial charge in [0.15, 0.2) is 0 Å². The Morgan fingerprint density at radius 3 is 3.15 bits per heavy atom. The number of nitrogens with one attached hydrogen (secondary N) is 2. The van der Waals surface area contributed by atoms with Crippen LogP contribution in [0, 0.1) is 5.92 Å². The maximum absolute atomic E-state index is 9.73. The van der Waals surface area contributed by atoms with Crippen LogP contribution in [-0.4, -0.2) is 42.9 Å². The molecule has 0 radical (unpaired) electrons. The molecule has 1 aromatic heterocycles. The zero-order valence-corrected chi connectivity index (χ0v) is 12.2. The average Bonchev–Trinajstić information content (AvgIpc) is 3.04. The maximum atomic E-state index is 9.73. The molecule has 0 aliphatic carbocycles. The van der Waals surface area contributed by atoms with Crippen LogP contribution in [0.1, 0.15) is 5.01 Å². The normalized spacial score (nSPS) is 22.5. The van der Waals surface area contributed by atoms with Crippen molar-refractivity contribution in [1.29, 1.82) is 0 Å². The summed E-state index contributed by atoms with van der Waals surface area (Å²) in [5.41, 5.74) is 1.01. The van der Waals surface area contributed by atoms with E-state index in [9.17, 15) is 5.11 Å². The van der Waals surface area contributed by atoms with Gasteiger partial charge in [0.1, 0.15) is 10.8 Å². The predicted molar refractivity (Wildman–Crippen MR) is 80.2 cm³/mol. The molecule has 20 heavy (non-hydrogen) atoms. The lowest BCUT2D eigenvalue weighted by Gasteiger charge is -2.13. The zero-order chi connectivity index (χ0) is 13.9. The Morgan fingerprint density at radius 2 is 2.40 bits per heavy atom. The van der Waals surface area contributed by atoms with E-state index in [2.05, 4.69) is 15.6 Å². The Hall–Kier alpha value is -1.21. The zero-order valence-electron chi connectivity index (χ0n) is 11.4. The van der Waals surface area contributed by atoms with E-state index in [1.165, 1.54) is 0 Å². The molecule has 3 rings (SSSR count). The molecule has 3 N–H and O–H groups in total. The van der Waals surface area contributed by atoms with Crippen molar-refractivity contribution in [2.24, 2.45) is 5.92 Å². The molecule has 2 heterocycles. The summed E-state index contributed by atoms with van der Waals surface area (Å²) in [4.78, 5) is 4.59. The first kappa shape index (κ1) is 13.8. The Morgan fingerprint density at radius 1 is 1.50 bits per heavy atom. The highest BCUT2D eigenvalue weighted by molar-refractivity contribution is 7.18. The van der Waals surface area contributed by atoms with Gasteiger partial charge in [-0.25, -0.2) is 4.98 Å². The number of thiazole rings is 1. The number of nitrogens with zero attached hydrogens (tertiary/aromatic N) is 1. The molecular weight excluding hydrogens is 274 g/mol. The van der Waals surface area contributed by atoms with Gasteiger partial charge in [-0.05, 0) is 18.2 Å². The van der Waals surface area contributed by atoms with Crippen molar-refractivity contribution in [1.82, 2.24) is 15.6 Å². The Labute approximate surface area is 122 Å². The number of aromatic nitrogens is 1. The SMILES string of the molecule is COc1ccc2nc(CNCC3CNCC3O)sc2c1. The molecule has 1 saturated heterocycles. The summed E-state index contributed by atoms with van der Waals surface area (Å²) >= 11 is 1.68. The van der Waals surface area contributed by atoms with E-state index in [0.29, 0.717) is 12.5 Å². The first-order valence-corrected chi connectivity index (χ1v) is 7.61. The number of hydrogen-bond acceptors (Lipinski definition) is 6. The minimum absolute atomic E-state index is 0.234. The fourth-order valence-corrected chi connectivity index (χ4v) is 3.41. The number of β-amino-alcohol motifs (C(OH)–C–C–N with tert-alkyl or cyclic N) is 1. The van der Waals surface area contributed by atoms with Gasteiger partial charge in [0.25, 0.3) is 0 Å². The Bertz CT molecular complexity index is 587. The lowest BCUT2D eigenvalue weighted by atomic mass is 10.1. The highest BCUT2D eigenvalue weighted by Crippen LogP contribution is 2.26. The standard InChI is InChI=1S/C14H19N3O2S/c1-19-10-2-3-11-13(4-10)20-14(17-11)8-16-6-9-5-15-7-12(9)18/h2-4,9,12,15-16,18H,5-8H2,1H3. The molecule has 1 fully saturated rings. The van der Waals surface area contributed by atoms with Crippen molar-refractivity contribution in [3.8, 4) is 5.75 Å². The lowest BCUT2D eigenvalue weighted by molar-refractivity contribution is 0.146. The first-order valence-electron chi connectivity index (χ1n) is 6.79. The summed E-state index contributed by atoms with van der Waals surface area (Å²) in [6.45, 7) is 3.14. The van der Waals surface area contributed by atoms with Crippen LogP contribution in [-0.2, 0) is 6.54 Å². The van der Waals surface area contributed by atoms with Crippen LogP contribution in [0.5, 0.6) is 5.75 Å². The molecule has 0 amide bonds. The van der Waals surface area contributed by atoms with E-state index in [-0.39, 0.29) is 6.10 Å².